The fourth-order valence-corrected chi connectivity index (χ4v) is 4.66. The molecule has 188 valence electrons. The van der Waals surface area contributed by atoms with E-state index in [1.807, 2.05) is 36.4 Å². The molecule has 1 aromatic heterocycles. The predicted molar refractivity (Wildman–Crippen MR) is 137 cm³/mol. The number of carbonyl (C=O) groups excluding carboxylic acids is 1. The number of hydrogen-bond acceptors (Lipinski definition) is 2. The number of benzene rings is 3. The van der Waals surface area contributed by atoms with Crippen LogP contribution in [0.4, 0.5) is 13.2 Å². The molecule has 0 aliphatic heterocycles. The van der Waals surface area contributed by atoms with Crippen molar-refractivity contribution < 1.29 is 22.7 Å². The van der Waals surface area contributed by atoms with Gasteiger partial charge >= 0.3 is 12.1 Å². The highest BCUT2D eigenvalue weighted by Crippen LogP contribution is 2.34. The van der Waals surface area contributed by atoms with Gasteiger partial charge in [0.1, 0.15) is 0 Å². The van der Waals surface area contributed by atoms with Crippen molar-refractivity contribution in [1.29, 1.82) is 0 Å². The Labute approximate surface area is 209 Å². The lowest BCUT2D eigenvalue weighted by molar-refractivity contribution is -0.137. The highest BCUT2D eigenvalue weighted by molar-refractivity contribution is 5.89. The van der Waals surface area contributed by atoms with Gasteiger partial charge in [-0.2, -0.15) is 13.2 Å². The van der Waals surface area contributed by atoms with Crippen LogP contribution in [-0.4, -0.2) is 17.6 Å². The van der Waals surface area contributed by atoms with Crippen molar-refractivity contribution in [3.63, 3.8) is 0 Å². The minimum absolute atomic E-state index is 0.1000. The largest absolute Gasteiger partial charge is 0.465 e. The number of ether oxygens (including phenoxy) is 1. The van der Waals surface area contributed by atoms with E-state index in [0.29, 0.717) is 5.56 Å². The Balaban J connectivity index is 1.65. The molecule has 0 amide bonds. The minimum atomic E-state index is -4.35. The first-order valence-electron chi connectivity index (χ1n) is 12.3. The summed E-state index contributed by atoms with van der Waals surface area (Å²) in [5.41, 5.74) is 3.65. The van der Waals surface area contributed by atoms with Gasteiger partial charge < -0.3 is 9.30 Å². The third kappa shape index (κ3) is 5.64. The maximum atomic E-state index is 12.9. The second kappa shape index (κ2) is 11.0. The average Bonchev–Trinajstić information content (AvgIpc) is 3.31. The van der Waals surface area contributed by atoms with E-state index in [1.54, 1.807) is 12.1 Å². The highest BCUT2D eigenvalue weighted by Gasteiger charge is 2.30. The van der Waals surface area contributed by atoms with Gasteiger partial charge in [0.2, 0.25) is 0 Å². The first kappa shape index (κ1) is 25.5. The Morgan fingerprint density at radius 1 is 0.889 bits per heavy atom. The summed E-state index contributed by atoms with van der Waals surface area (Å²) in [5.74, 6) is -0.358. The van der Waals surface area contributed by atoms with E-state index < -0.39 is 11.7 Å². The van der Waals surface area contributed by atoms with Crippen molar-refractivity contribution in [3.8, 4) is 11.1 Å². The van der Waals surface area contributed by atoms with E-state index in [-0.39, 0.29) is 12.0 Å². The predicted octanol–water partition coefficient (Wildman–Crippen LogP) is 8.67. The Bertz CT molecular complexity index is 1310. The number of hydrogen-bond donors (Lipinski definition) is 0. The summed E-state index contributed by atoms with van der Waals surface area (Å²) >= 11 is 0. The topological polar surface area (TPSA) is 31.2 Å². The van der Waals surface area contributed by atoms with Crippen LogP contribution < -0.4 is 0 Å². The lowest BCUT2D eigenvalue weighted by Crippen LogP contribution is -2.10. The van der Waals surface area contributed by atoms with E-state index in [9.17, 15) is 18.0 Å². The number of unbranched alkanes of at least 4 members (excludes halogenated alkanes) is 3. The number of esters is 1. The average molecular weight is 494 g/mol. The number of fused-ring (bicyclic) bond motifs is 1. The molecule has 0 saturated heterocycles. The summed E-state index contributed by atoms with van der Waals surface area (Å²) in [4.78, 5) is 11.9. The normalized spacial score (nSPS) is 12.6. The number of halogens is 3. The Morgan fingerprint density at radius 2 is 1.58 bits per heavy atom. The Hall–Kier alpha value is -3.54. The minimum Gasteiger partial charge on any atom is -0.465 e. The van der Waals surface area contributed by atoms with Crippen molar-refractivity contribution in [1.82, 2.24) is 4.57 Å². The molecule has 0 aliphatic carbocycles. The SMILES string of the molecule is CCCCCCC(c1ccc(C(=O)OC)cc1)n1ccc2cc(-c3ccc(C(F)(F)F)cc3)ccc21. The molecule has 1 heterocycles. The fraction of sp³-hybridized carbons (Fsp3) is 0.300. The van der Waals surface area contributed by atoms with Crippen LogP contribution in [0.5, 0.6) is 0 Å². The van der Waals surface area contributed by atoms with E-state index in [4.69, 9.17) is 4.74 Å². The molecule has 1 atom stereocenters. The second-order valence-corrected chi connectivity index (χ2v) is 9.05. The van der Waals surface area contributed by atoms with Crippen molar-refractivity contribution >= 4 is 16.9 Å². The van der Waals surface area contributed by atoms with E-state index in [0.717, 1.165) is 65.4 Å². The van der Waals surface area contributed by atoms with Crippen LogP contribution in [0.2, 0.25) is 0 Å². The van der Waals surface area contributed by atoms with Crippen LogP contribution in [0, 0.1) is 0 Å². The van der Waals surface area contributed by atoms with Crippen LogP contribution in [-0.2, 0) is 10.9 Å². The Kier molecular flexibility index (Phi) is 7.82. The smallest absolute Gasteiger partial charge is 0.416 e. The van der Waals surface area contributed by atoms with Crippen LogP contribution in [0.3, 0.4) is 0 Å². The van der Waals surface area contributed by atoms with E-state index in [2.05, 4.69) is 17.7 Å². The van der Waals surface area contributed by atoms with Gasteiger partial charge in [-0.3, -0.25) is 0 Å². The molecule has 0 N–H and O–H groups in total. The lowest BCUT2D eigenvalue weighted by atomic mass is 9.98. The Morgan fingerprint density at radius 3 is 2.22 bits per heavy atom. The zero-order valence-electron chi connectivity index (χ0n) is 20.5. The van der Waals surface area contributed by atoms with E-state index >= 15 is 0 Å². The molecule has 3 aromatic carbocycles. The zero-order valence-corrected chi connectivity index (χ0v) is 20.5. The molecule has 0 radical (unpaired) electrons. The molecule has 0 spiro atoms. The third-order valence-corrected chi connectivity index (χ3v) is 6.65. The number of methoxy groups -OCH3 is 1. The second-order valence-electron chi connectivity index (χ2n) is 9.05. The van der Waals surface area contributed by atoms with Gasteiger partial charge in [-0.15, -0.1) is 0 Å². The van der Waals surface area contributed by atoms with Gasteiger partial charge in [-0.1, -0.05) is 62.9 Å². The van der Waals surface area contributed by atoms with Crippen molar-refractivity contribution in [2.45, 2.75) is 51.2 Å². The van der Waals surface area contributed by atoms with Gasteiger partial charge in [0, 0.05) is 17.1 Å². The molecule has 0 aliphatic rings. The lowest BCUT2D eigenvalue weighted by Gasteiger charge is -2.21. The maximum absolute atomic E-state index is 12.9. The van der Waals surface area contributed by atoms with Gasteiger partial charge in [0.15, 0.2) is 0 Å². The molecular weight excluding hydrogens is 463 g/mol. The maximum Gasteiger partial charge on any atom is 0.416 e. The molecule has 4 rings (SSSR count). The molecule has 4 aromatic rings. The van der Waals surface area contributed by atoms with Crippen LogP contribution >= 0.6 is 0 Å². The molecule has 36 heavy (non-hydrogen) atoms. The molecule has 3 nitrogen and oxygen atoms in total. The zero-order chi connectivity index (χ0) is 25.7. The van der Waals surface area contributed by atoms with Crippen LogP contribution in [0.25, 0.3) is 22.0 Å². The molecule has 0 fully saturated rings. The number of carbonyl (C=O) groups is 1. The van der Waals surface area contributed by atoms with Gasteiger partial charge in [-0.25, -0.2) is 4.79 Å². The monoisotopic (exact) mass is 493 g/mol. The summed E-state index contributed by atoms with van der Waals surface area (Å²) in [7, 11) is 1.37. The van der Waals surface area contributed by atoms with Crippen molar-refractivity contribution in [3.05, 3.63) is 95.7 Å². The quantitative estimate of drug-likeness (QED) is 0.173. The van der Waals surface area contributed by atoms with E-state index in [1.165, 1.54) is 25.7 Å². The first-order chi connectivity index (χ1) is 17.3. The molecule has 0 saturated carbocycles. The fourth-order valence-electron chi connectivity index (χ4n) is 4.66. The third-order valence-electron chi connectivity index (χ3n) is 6.65. The molecular formula is C30H30F3NO2. The first-order valence-corrected chi connectivity index (χ1v) is 12.3. The molecule has 6 heteroatoms. The standard InChI is InChI=1S/C30H30F3NO2/c1-3-4-5-6-7-27(22-8-10-23(11-9-22)29(35)36-2)34-19-18-25-20-24(14-17-28(25)34)21-12-15-26(16-13-21)30(31,32)33/h8-20,27H,3-7H2,1-2H3. The molecule has 0 bridgehead atoms. The summed E-state index contributed by atoms with van der Waals surface area (Å²) in [6.07, 6.45) is 3.28. The number of nitrogens with zero attached hydrogens (tertiary/aromatic N) is 1. The van der Waals surface area contributed by atoms with Crippen LogP contribution in [0.15, 0.2) is 79.0 Å². The van der Waals surface area contributed by atoms with Gasteiger partial charge in [0.05, 0.1) is 24.3 Å². The highest BCUT2D eigenvalue weighted by atomic mass is 19.4. The summed E-state index contributed by atoms with van der Waals surface area (Å²) in [6.45, 7) is 2.19. The number of alkyl halides is 3. The summed E-state index contributed by atoms with van der Waals surface area (Å²) < 4.78 is 45.9. The summed E-state index contributed by atoms with van der Waals surface area (Å²) in [6, 6.07) is 21.0. The molecule has 1 unspecified atom stereocenters. The summed E-state index contributed by atoms with van der Waals surface area (Å²) in [5, 5.41) is 1.03. The van der Waals surface area contributed by atoms with Crippen molar-refractivity contribution in [2.75, 3.05) is 7.11 Å². The van der Waals surface area contributed by atoms with Crippen LogP contribution in [0.1, 0.15) is 66.6 Å². The number of rotatable bonds is 9. The van der Waals surface area contributed by atoms with Gasteiger partial charge in [-0.05, 0) is 65.6 Å². The number of aromatic nitrogens is 1. The van der Waals surface area contributed by atoms with Gasteiger partial charge in [0.25, 0.3) is 0 Å². The van der Waals surface area contributed by atoms with Crippen molar-refractivity contribution in [2.24, 2.45) is 0 Å².